The molecule has 2 aliphatic rings. The maximum Gasteiger partial charge on any atom is 0.231 e. The van der Waals surface area contributed by atoms with Crippen LogP contribution in [0.25, 0.3) is 0 Å². The van der Waals surface area contributed by atoms with Crippen LogP contribution in [0.4, 0.5) is 17.3 Å². The molecule has 0 atom stereocenters. The highest BCUT2D eigenvalue weighted by Crippen LogP contribution is 2.34. The molecule has 0 aliphatic carbocycles. The molecule has 0 fully saturated rings. The Morgan fingerprint density at radius 2 is 1.50 bits per heavy atom. The molecular weight excluding hydrogens is 360 g/mol. The van der Waals surface area contributed by atoms with Gasteiger partial charge in [0.25, 0.3) is 0 Å². The van der Waals surface area contributed by atoms with Gasteiger partial charge in [0, 0.05) is 24.4 Å². The molecule has 3 heterocycles. The van der Waals surface area contributed by atoms with Crippen LogP contribution in [0.3, 0.4) is 0 Å². The number of hydrogen-bond donors (Lipinski definition) is 2. The van der Waals surface area contributed by atoms with Gasteiger partial charge < -0.3 is 29.6 Å². The number of nitrogens with one attached hydrogen (secondary N) is 2. The molecule has 2 aromatic carbocycles. The summed E-state index contributed by atoms with van der Waals surface area (Å²) in [6.45, 7) is 2.01. The molecule has 8 nitrogen and oxygen atoms in total. The zero-order valence-electron chi connectivity index (χ0n) is 15.0. The van der Waals surface area contributed by atoms with E-state index in [2.05, 4.69) is 20.6 Å². The van der Waals surface area contributed by atoms with E-state index in [0.717, 1.165) is 34.2 Å². The van der Waals surface area contributed by atoms with E-state index in [9.17, 15) is 0 Å². The van der Waals surface area contributed by atoms with E-state index in [1.54, 1.807) is 0 Å². The summed E-state index contributed by atoms with van der Waals surface area (Å²) in [6, 6.07) is 13.4. The average molecular weight is 378 g/mol. The second-order valence-electron chi connectivity index (χ2n) is 6.31. The van der Waals surface area contributed by atoms with E-state index >= 15 is 0 Å². The normalized spacial score (nSPS) is 13.9. The molecule has 8 heteroatoms. The highest BCUT2D eigenvalue weighted by Gasteiger charge is 2.14. The Bertz CT molecular complexity index is 1010. The fourth-order valence-corrected chi connectivity index (χ4v) is 3.03. The summed E-state index contributed by atoms with van der Waals surface area (Å²) in [6.07, 6.45) is 1.52. The molecule has 2 aliphatic heterocycles. The number of hydrogen-bond acceptors (Lipinski definition) is 8. The molecule has 0 radical (unpaired) electrons. The lowest BCUT2D eigenvalue weighted by Gasteiger charge is -2.19. The van der Waals surface area contributed by atoms with E-state index in [0.29, 0.717) is 31.4 Å². The van der Waals surface area contributed by atoms with Crippen molar-refractivity contribution < 1.29 is 18.9 Å². The minimum atomic E-state index is 0.271. The van der Waals surface area contributed by atoms with Gasteiger partial charge in [0.2, 0.25) is 6.79 Å². The van der Waals surface area contributed by atoms with Crippen molar-refractivity contribution in [2.45, 2.75) is 6.54 Å². The molecule has 5 rings (SSSR count). The van der Waals surface area contributed by atoms with Crippen molar-refractivity contribution >= 4 is 17.3 Å². The molecular formula is C20H18N4O4. The van der Waals surface area contributed by atoms with Crippen molar-refractivity contribution in [3.05, 3.63) is 54.4 Å². The van der Waals surface area contributed by atoms with E-state index in [-0.39, 0.29) is 6.79 Å². The number of fused-ring (bicyclic) bond motifs is 2. The third kappa shape index (κ3) is 3.44. The van der Waals surface area contributed by atoms with Crippen LogP contribution in [-0.4, -0.2) is 30.0 Å². The summed E-state index contributed by atoms with van der Waals surface area (Å²) in [7, 11) is 0. The van der Waals surface area contributed by atoms with Gasteiger partial charge in [-0.1, -0.05) is 6.07 Å². The third-order valence-corrected chi connectivity index (χ3v) is 4.39. The molecule has 3 aromatic rings. The van der Waals surface area contributed by atoms with Crippen LogP contribution >= 0.6 is 0 Å². The van der Waals surface area contributed by atoms with E-state index in [4.69, 9.17) is 18.9 Å². The Hall–Kier alpha value is -3.68. The molecule has 0 saturated heterocycles. The van der Waals surface area contributed by atoms with Crippen LogP contribution < -0.4 is 29.6 Å². The fraction of sp³-hybridized carbons (Fsp3) is 0.200. The van der Waals surface area contributed by atoms with Gasteiger partial charge in [-0.25, -0.2) is 9.97 Å². The summed E-state index contributed by atoms with van der Waals surface area (Å²) >= 11 is 0. The summed E-state index contributed by atoms with van der Waals surface area (Å²) in [5.41, 5.74) is 1.94. The molecule has 142 valence electrons. The minimum absolute atomic E-state index is 0.271. The largest absolute Gasteiger partial charge is 0.486 e. The number of anilines is 3. The number of rotatable bonds is 5. The summed E-state index contributed by atoms with van der Waals surface area (Å²) in [4.78, 5) is 8.55. The Kier molecular flexibility index (Phi) is 4.21. The minimum Gasteiger partial charge on any atom is -0.486 e. The zero-order valence-corrected chi connectivity index (χ0v) is 15.0. The molecule has 2 N–H and O–H groups in total. The highest BCUT2D eigenvalue weighted by molar-refractivity contribution is 5.63. The Labute approximate surface area is 161 Å². The van der Waals surface area contributed by atoms with E-state index < -0.39 is 0 Å². The topological polar surface area (TPSA) is 86.8 Å². The first-order chi connectivity index (χ1) is 13.8. The van der Waals surface area contributed by atoms with Gasteiger partial charge in [-0.2, -0.15) is 0 Å². The van der Waals surface area contributed by atoms with E-state index in [1.165, 1.54) is 6.33 Å². The second kappa shape index (κ2) is 7.15. The van der Waals surface area contributed by atoms with Crippen molar-refractivity contribution in [3.8, 4) is 23.0 Å². The van der Waals surface area contributed by atoms with Gasteiger partial charge in [-0.3, -0.25) is 0 Å². The van der Waals surface area contributed by atoms with Crippen molar-refractivity contribution in [3.63, 3.8) is 0 Å². The molecule has 28 heavy (non-hydrogen) atoms. The fourth-order valence-electron chi connectivity index (χ4n) is 3.03. The number of ether oxygens (including phenoxy) is 4. The zero-order chi connectivity index (χ0) is 18.8. The van der Waals surface area contributed by atoms with Crippen LogP contribution in [0, 0.1) is 0 Å². The van der Waals surface area contributed by atoms with Crippen LogP contribution in [-0.2, 0) is 6.54 Å². The lowest BCUT2D eigenvalue weighted by atomic mass is 10.2. The summed E-state index contributed by atoms with van der Waals surface area (Å²) < 4.78 is 21.9. The van der Waals surface area contributed by atoms with Crippen LogP contribution in [0.5, 0.6) is 23.0 Å². The van der Waals surface area contributed by atoms with Crippen LogP contribution in [0.2, 0.25) is 0 Å². The molecule has 1 aromatic heterocycles. The Morgan fingerprint density at radius 1 is 0.750 bits per heavy atom. The lowest BCUT2D eigenvalue weighted by molar-refractivity contribution is 0.171. The number of benzene rings is 2. The summed E-state index contributed by atoms with van der Waals surface area (Å²) in [5, 5.41) is 6.56. The maximum absolute atomic E-state index is 5.62. The van der Waals surface area contributed by atoms with Gasteiger partial charge in [-0.05, 0) is 29.8 Å². The summed E-state index contributed by atoms with van der Waals surface area (Å²) in [5.74, 6) is 4.42. The van der Waals surface area contributed by atoms with Gasteiger partial charge in [0.15, 0.2) is 23.0 Å². The molecule has 0 unspecified atom stereocenters. The monoisotopic (exact) mass is 378 g/mol. The Balaban J connectivity index is 1.26. The molecule has 0 amide bonds. The molecule has 0 spiro atoms. The standard InChI is InChI=1S/C20H18N4O4/c1-3-16-17(28-12-27-16)7-13(1)10-21-19-9-20(23-11-22-19)24-14-2-4-15-18(8-14)26-6-5-25-15/h1-4,7-9,11H,5-6,10,12H2,(H2,21,22,23,24). The van der Waals surface area contributed by atoms with Gasteiger partial charge in [0.1, 0.15) is 31.2 Å². The van der Waals surface area contributed by atoms with Crippen molar-refractivity contribution in [1.82, 2.24) is 9.97 Å². The SMILES string of the molecule is c1nc(NCc2ccc3c(c2)OCO3)cc(Nc2ccc3c(c2)OCCO3)n1. The molecule has 0 bridgehead atoms. The van der Waals surface area contributed by atoms with Crippen LogP contribution in [0.1, 0.15) is 5.56 Å². The van der Waals surface area contributed by atoms with Crippen LogP contribution in [0.15, 0.2) is 48.8 Å². The first-order valence-corrected chi connectivity index (χ1v) is 8.95. The van der Waals surface area contributed by atoms with E-state index in [1.807, 2.05) is 42.5 Å². The Morgan fingerprint density at radius 3 is 2.46 bits per heavy atom. The highest BCUT2D eigenvalue weighted by atomic mass is 16.7. The maximum atomic E-state index is 5.62. The van der Waals surface area contributed by atoms with Crippen molar-refractivity contribution in [2.75, 3.05) is 30.6 Å². The number of nitrogens with zero attached hydrogens (tertiary/aromatic N) is 2. The third-order valence-electron chi connectivity index (χ3n) is 4.39. The average Bonchev–Trinajstić information content (AvgIpc) is 3.20. The van der Waals surface area contributed by atoms with Crippen molar-refractivity contribution in [1.29, 1.82) is 0 Å². The smallest absolute Gasteiger partial charge is 0.231 e. The first-order valence-electron chi connectivity index (χ1n) is 8.95. The van der Waals surface area contributed by atoms with Crippen molar-refractivity contribution in [2.24, 2.45) is 0 Å². The lowest BCUT2D eigenvalue weighted by Crippen LogP contribution is -2.15. The molecule has 0 saturated carbocycles. The number of aromatic nitrogens is 2. The predicted molar refractivity (Wildman–Crippen MR) is 103 cm³/mol. The van der Waals surface area contributed by atoms with Gasteiger partial charge in [-0.15, -0.1) is 0 Å². The van der Waals surface area contributed by atoms with Gasteiger partial charge in [0.05, 0.1) is 0 Å². The predicted octanol–water partition coefficient (Wildman–Crippen LogP) is 3.33. The van der Waals surface area contributed by atoms with Gasteiger partial charge >= 0.3 is 0 Å². The first kappa shape index (κ1) is 16.5. The second-order valence-corrected chi connectivity index (χ2v) is 6.31. The quantitative estimate of drug-likeness (QED) is 0.699.